The Morgan fingerprint density at radius 3 is 2.48 bits per heavy atom. The number of hydrogen-bond acceptors (Lipinski definition) is 5. The number of carbonyl (C=O) groups is 1. The van der Waals surface area contributed by atoms with Crippen LogP contribution in [0.2, 0.25) is 0 Å². The molecule has 0 fully saturated rings. The van der Waals surface area contributed by atoms with Crippen LogP contribution in [0.3, 0.4) is 0 Å². The summed E-state index contributed by atoms with van der Waals surface area (Å²) >= 11 is 3.40. The summed E-state index contributed by atoms with van der Waals surface area (Å²) in [6, 6.07) is 21.9. The van der Waals surface area contributed by atoms with Crippen molar-refractivity contribution in [3.63, 3.8) is 0 Å². The fourth-order valence-corrected chi connectivity index (χ4v) is 3.27. The van der Waals surface area contributed by atoms with Crippen LogP contribution >= 0.6 is 15.9 Å². The van der Waals surface area contributed by atoms with Crippen LogP contribution in [0.15, 0.2) is 81.8 Å². The summed E-state index contributed by atoms with van der Waals surface area (Å²) in [7, 11) is 1.61. The molecular formula is C22H16BrN3O3. The number of nitrogens with one attached hydrogen (secondary N) is 1. The highest BCUT2D eigenvalue weighted by Gasteiger charge is 2.17. The van der Waals surface area contributed by atoms with Crippen molar-refractivity contribution in [3.8, 4) is 28.6 Å². The maximum Gasteiger partial charge on any atom is 0.260 e. The molecule has 0 aliphatic heterocycles. The van der Waals surface area contributed by atoms with Crippen LogP contribution in [0.1, 0.15) is 10.4 Å². The number of aromatic nitrogens is 2. The van der Waals surface area contributed by atoms with Crippen LogP contribution in [-0.4, -0.2) is 23.2 Å². The third-order valence-electron chi connectivity index (χ3n) is 4.30. The molecule has 0 atom stereocenters. The first kappa shape index (κ1) is 18.9. The van der Waals surface area contributed by atoms with Crippen molar-refractivity contribution >= 4 is 27.5 Å². The average Bonchev–Trinajstić information content (AvgIpc) is 3.24. The van der Waals surface area contributed by atoms with Gasteiger partial charge in [0.25, 0.3) is 11.8 Å². The molecular weight excluding hydrogens is 434 g/mol. The molecule has 144 valence electrons. The number of halogens is 1. The second-order valence-electron chi connectivity index (χ2n) is 6.13. The van der Waals surface area contributed by atoms with Crippen LogP contribution in [-0.2, 0) is 0 Å². The molecule has 7 heteroatoms. The normalized spacial score (nSPS) is 10.6. The van der Waals surface area contributed by atoms with Crippen LogP contribution in [0.25, 0.3) is 22.8 Å². The Morgan fingerprint density at radius 1 is 1.00 bits per heavy atom. The molecule has 0 saturated heterocycles. The van der Waals surface area contributed by atoms with Crippen molar-refractivity contribution in [2.45, 2.75) is 0 Å². The fourth-order valence-electron chi connectivity index (χ4n) is 2.80. The van der Waals surface area contributed by atoms with E-state index in [2.05, 4.69) is 31.4 Å². The van der Waals surface area contributed by atoms with Gasteiger partial charge in [-0.3, -0.25) is 4.79 Å². The zero-order valence-corrected chi connectivity index (χ0v) is 17.0. The summed E-state index contributed by atoms with van der Waals surface area (Å²) < 4.78 is 11.3. The lowest BCUT2D eigenvalue weighted by molar-refractivity contribution is 0.102. The van der Waals surface area contributed by atoms with Gasteiger partial charge in [-0.25, -0.2) is 0 Å². The zero-order valence-electron chi connectivity index (χ0n) is 15.4. The molecule has 1 aromatic heterocycles. The lowest BCUT2D eigenvalue weighted by atomic mass is 10.1. The van der Waals surface area contributed by atoms with Gasteiger partial charge in [0.05, 0.1) is 23.9 Å². The van der Waals surface area contributed by atoms with Crippen molar-refractivity contribution < 1.29 is 14.1 Å². The Kier molecular flexibility index (Phi) is 5.39. The van der Waals surface area contributed by atoms with Crippen molar-refractivity contribution in [3.05, 3.63) is 82.8 Å². The van der Waals surface area contributed by atoms with E-state index in [1.54, 1.807) is 19.2 Å². The highest BCUT2D eigenvalue weighted by molar-refractivity contribution is 9.10. The van der Waals surface area contributed by atoms with Crippen LogP contribution in [0, 0.1) is 0 Å². The molecule has 1 amide bonds. The number of methoxy groups -OCH3 is 1. The topological polar surface area (TPSA) is 77.3 Å². The summed E-state index contributed by atoms with van der Waals surface area (Å²) in [4.78, 5) is 17.2. The van der Waals surface area contributed by atoms with Gasteiger partial charge in [0.2, 0.25) is 5.82 Å². The van der Waals surface area contributed by atoms with E-state index in [1.165, 1.54) is 0 Å². The van der Waals surface area contributed by atoms with E-state index in [9.17, 15) is 4.79 Å². The Hall–Kier alpha value is -3.45. The second-order valence-corrected chi connectivity index (χ2v) is 6.99. The number of anilines is 1. The molecule has 1 N–H and O–H groups in total. The summed E-state index contributed by atoms with van der Waals surface area (Å²) in [6.07, 6.45) is 0. The quantitative estimate of drug-likeness (QED) is 0.439. The number of nitrogens with zero attached hydrogens (tertiary/aromatic N) is 2. The summed E-state index contributed by atoms with van der Waals surface area (Å²) in [5, 5.41) is 6.98. The first-order valence-electron chi connectivity index (χ1n) is 8.79. The Balaban J connectivity index is 1.62. The van der Waals surface area contributed by atoms with Gasteiger partial charge in [-0.2, -0.15) is 4.98 Å². The molecule has 6 nitrogen and oxygen atoms in total. The minimum atomic E-state index is -0.236. The SMILES string of the molecule is COc1ccc(-c2noc(-c3ccccc3NC(=O)c3ccccc3Br)n2)cc1. The molecule has 4 aromatic rings. The maximum absolute atomic E-state index is 12.7. The van der Waals surface area contributed by atoms with E-state index >= 15 is 0 Å². The third-order valence-corrected chi connectivity index (χ3v) is 4.99. The number of amides is 1. The van der Waals surface area contributed by atoms with Gasteiger partial charge in [-0.1, -0.05) is 29.4 Å². The van der Waals surface area contributed by atoms with Gasteiger partial charge < -0.3 is 14.6 Å². The fraction of sp³-hybridized carbons (Fsp3) is 0.0455. The van der Waals surface area contributed by atoms with Gasteiger partial charge in [-0.05, 0) is 64.5 Å². The summed E-state index contributed by atoms with van der Waals surface area (Å²) in [6.45, 7) is 0. The molecule has 1 heterocycles. The van der Waals surface area contributed by atoms with Gasteiger partial charge in [0.1, 0.15) is 5.75 Å². The highest BCUT2D eigenvalue weighted by Crippen LogP contribution is 2.29. The Labute approximate surface area is 175 Å². The maximum atomic E-state index is 12.7. The third kappa shape index (κ3) is 4.05. The second kappa shape index (κ2) is 8.28. The minimum Gasteiger partial charge on any atom is -0.497 e. The Morgan fingerprint density at radius 2 is 1.72 bits per heavy atom. The van der Waals surface area contributed by atoms with E-state index in [4.69, 9.17) is 9.26 Å². The smallest absolute Gasteiger partial charge is 0.260 e. The van der Waals surface area contributed by atoms with Gasteiger partial charge >= 0.3 is 0 Å². The van der Waals surface area contributed by atoms with Crippen molar-refractivity contribution in [1.82, 2.24) is 10.1 Å². The number of rotatable bonds is 5. The minimum absolute atomic E-state index is 0.236. The number of ether oxygens (including phenoxy) is 1. The van der Waals surface area contributed by atoms with Crippen LogP contribution in [0.4, 0.5) is 5.69 Å². The van der Waals surface area contributed by atoms with Gasteiger partial charge in [0.15, 0.2) is 0 Å². The number of carbonyl (C=O) groups excluding carboxylic acids is 1. The lowest BCUT2D eigenvalue weighted by Gasteiger charge is -2.09. The number of hydrogen-bond donors (Lipinski definition) is 1. The molecule has 0 radical (unpaired) electrons. The van der Waals surface area contributed by atoms with Crippen LogP contribution < -0.4 is 10.1 Å². The molecule has 4 rings (SSSR count). The zero-order chi connectivity index (χ0) is 20.2. The number of para-hydroxylation sites is 1. The van der Waals surface area contributed by atoms with E-state index in [0.717, 1.165) is 15.8 Å². The average molecular weight is 450 g/mol. The molecule has 0 saturated carbocycles. The lowest BCUT2D eigenvalue weighted by Crippen LogP contribution is -2.13. The summed E-state index contributed by atoms with van der Waals surface area (Å²) in [5.41, 5.74) is 2.56. The molecule has 0 spiro atoms. The van der Waals surface area contributed by atoms with E-state index < -0.39 is 0 Å². The van der Waals surface area contributed by atoms with Gasteiger partial charge in [-0.15, -0.1) is 0 Å². The largest absolute Gasteiger partial charge is 0.497 e. The molecule has 29 heavy (non-hydrogen) atoms. The molecule has 3 aromatic carbocycles. The van der Waals surface area contributed by atoms with Crippen molar-refractivity contribution in [1.29, 1.82) is 0 Å². The van der Waals surface area contributed by atoms with E-state index in [0.29, 0.717) is 28.5 Å². The van der Waals surface area contributed by atoms with Crippen LogP contribution in [0.5, 0.6) is 5.75 Å². The van der Waals surface area contributed by atoms with Gasteiger partial charge in [0, 0.05) is 10.0 Å². The molecule has 0 aliphatic carbocycles. The predicted molar refractivity (Wildman–Crippen MR) is 114 cm³/mol. The standard InChI is InChI=1S/C22H16BrN3O3/c1-28-15-12-10-14(11-13-15)20-25-22(29-26-20)17-7-3-5-9-19(17)24-21(27)16-6-2-4-8-18(16)23/h2-13H,1H3,(H,24,27). The molecule has 0 aliphatic rings. The summed E-state index contributed by atoms with van der Waals surface area (Å²) in [5.74, 6) is 1.28. The van der Waals surface area contributed by atoms with Crippen molar-refractivity contribution in [2.75, 3.05) is 12.4 Å². The predicted octanol–water partition coefficient (Wildman–Crippen LogP) is 5.43. The first-order chi connectivity index (χ1) is 14.2. The first-order valence-corrected chi connectivity index (χ1v) is 9.58. The van der Waals surface area contributed by atoms with Crippen molar-refractivity contribution in [2.24, 2.45) is 0 Å². The monoisotopic (exact) mass is 449 g/mol. The van der Waals surface area contributed by atoms with E-state index in [-0.39, 0.29) is 5.91 Å². The highest BCUT2D eigenvalue weighted by atomic mass is 79.9. The molecule has 0 bridgehead atoms. The molecule has 0 unspecified atom stereocenters. The van der Waals surface area contributed by atoms with E-state index in [1.807, 2.05) is 60.7 Å². The number of benzene rings is 3. The Bertz CT molecular complexity index is 1160.